The zero-order valence-electron chi connectivity index (χ0n) is 15.4. The van der Waals surface area contributed by atoms with E-state index in [1.807, 2.05) is 62.4 Å². The van der Waals surface area contributed by atoms with Crippen molar-refractivity contribution in [3.63, 3.8) is 0 Å². The summed E-state index contributed by atoms with van der Waals surface area (Å²) in [7, 11) is 0. The van der Waals surface area contributed by atoms with Gasteiger partial charge >= 0.3 is 5.97 Å². The molecule has 0 spiro atoms. The maximum Gasteiger partial charge on any atom is 0.317 e. The van der Waals surface area contributed by atoms with Crippen LogP contribution in [0.25, 0.3) is 0 Å². The van der Waals surface area contributed by atoms with Crippen molar-refractivity contribution in [1.29, 1.82) is 0 Å². The molecule has 1 aliphatic rings. The number of esters is 1. The van der Waals surface area contributed by atoms with Gasteiger partial charge in [-0.2, -0.15) is 0 Å². The van der Waals surface area contributed by atoms with E-state index in [-0.39, 0.29) is 18.5 Å². The Bertz CT molecular complexity index is 792. The molecule has 4 heteroatoms. The number of nitrogens with one attached hydrogen (secondary N) is 1. The maximum absolute atomic E-state index is 12.8. The fourth-order valence-corrected chi connectivity index (χ4v) is 3.76. The Kier molecular flexibility index (Phi) is 5.40. The SMILES string of the molecule is Cc1ccc(NC(=O)COC(=O)C2(c3ccccc3)CCCC2)c(C)c1. The summed E-state index contributed by atoms with van der Waals surface area (Å²) in [6, 6.07) is 15.6. The molecule has 0 unspecified atom stereocenters. The Morgan fingerprint density at radius 2 is 1.73 bits per heavy atom. The number of ether oxygens (including phenoxy) is 1. The first kappa shape index (κ1) is 18.2. The quantitative estimate of drug-likeness (QED) is 0.817. The Labute approximate surface area is 154 Å². The lowest BCUT2D eigenvalue weighted by molar-refractivity contribution is -0.153. The third-order valence-corrected chi connectivity index (χ3v) is 5.16. The van der Waals surface area contributed by atoms with E-state index in [0.717, 1.165) is 48.1 Å². The van der Waals surface area contributed by atoms with Crippen LogP contribution in [0.3, 0.4) is 0 Å². The van der Waals surface area contributed by atoms with Gasteiger partial charge in [0.15, 0.2) is 6.61 Å². The summed E-state index contributed by atoms with van der Waals surface area (Å²) >= 11 is 0. The lowest BCUT2D eigenvalue weighted by Gasteiger charge is -2.27. The normalized spacial score (nSPS) is 15.5. The van der Waals surface area contributed by atoms with Gasteiger partial charge in [0.2, 0.25) is 0 Å². The first-order valence-electron chi connectivity index (χ1n) is 9.11. The van der Waals surface area contributed by atoms with Crippen LogP contribution in [0, 0.1) is 13.8 Å². The van der Waals surface area contributed by atoms with Crippen LogP contribution in [0.4, 0.5) is 5.69 Å². The Morgan fingerprint density at radius 3 is 2.38 bits per heavy atom. The molecule has 0 heterocycles. The zero-order chi connectivity index (χ0) is 18.6. The molecule has 0 bridgehead atoms. The number of benzene rings is 2. The van der Waals surface area contributed by atoms with Crippen molar-refractivity contribution in [2.24, 2.45) is 0 Å². The molecule has 1 fully saturated rings. The summed E-state index contributed by atoms with van der Waals surface area (Å²) in [5.41, 5.74) is 3.24. The Morgan fingerprint density at radius 1 is 1.04 bits per heavy atom. The smallest absolute Gasteiger partial charge is 0.317 e. The van der Waals surface area contributed by atoms with E-state index in [9.17, 15) is 9.59 Å². The monoisotopic (exact) mass is 351 g/mol. The van der Waals surface area contributed by atoms with E-state index in [2.05, 4.69) is 5.32 Å². The van der Waals surface area contributed by atoms with E-state index < -0.39 is 5.41 Å². The van der Waals surface area contributed by atoms with Crippen LogP contribution < -0.4 is 5.32 Å². The van der Waals surface area contributed by atoms with Crippen molar-refractivity contribution in [3.05, 3.63) is 65.2 Å². The molecule has 136 valence electrons. The molecular formula is C22H25NO3. The van der Waals surface area contributed by atoms with Crippen molar-refractivity contribution >= 4 is 17.6 Å². The number of hydrogen-bond acceptors (Lipinski definition) is 3. The predicted octanol–water partition coefficient (Wildman–Crippen LogP) is 4.30. The number of hydrogen-bond donors (Lipinski definition) is 1. The van der Waals surface area contributed by atoms with Crippen LogP contribution >= 0.6 is 0 Å². The molecule has 0 aromatic heterocycles. The molecule has 0 aliphatic heterocycles. The largest absolute Gasteiger partial charge is 0.455 e. The molecule has 3 rings (SSSR count). The van der Waals surface area contributed by atoms with Crippen LogP contribution in [0.2, 0.25) is 0 Å². The van der Waals surface area contributed by atoms with Gasteiger partial charge in [0.05, 0.1) is 5.41 Å². The molecule has 26 heavy (non-hydrogen) atoms. The van der Waals surface area contributed by atoms with Crippen molar-refractivity contribution in [2.75, 3.05) is 11.9 Å². The second-order valence-corrected chi connectivity index (χ2v) is 7.10. The fourth-order valence-electron chi connectivity index (χ4n) is 3.76. The van der Waals surface area contributed by atoms with E-state index in [0.29, 0.717) is 0 Å². The summed E-state index contributed by atoms with van der Waals surface area (Å²) in [6.07, 6.45) is 3.54. The number of aryl methyl sites for hydroxylation is 2. The molecular weight excluding hydrogens is 326 g/mol. The van der Waals surface area contributed by atoms with E-state index in [4.69, 9.17) is 4.74 Å². The minimum atomic E-state index is -0.610. The van der Waals surface area contributed by atoms with Gasteiger partial charge in [-0.15, -0.1) is 0 Å². The Hall–Kier alpha value is -2.62. The lowest BCUT2D eigenvalue weighted by Crippen LogP contribution is -2.36. The average Bonchev–Trinajstić information content (AvgIpc) is 3.14. The second kappa shape index (κ2) is 7.73. The van der Waals surface area contributed by atoms with Crippen molar-refractivity contribution in [3.8, 4) is 0 Å². The van der Waals surface area contributed by atoms with Gasteiger partial charge in [0.25, 0.3) is 5.91 Å². The summed E-state index contributed by atoms with van der Waals surface area (Å²) < 4.78 is 5.43. The van der Waals surface area contributed by atoms with Crippen LogP contribution in [-0.2, 0) is 19.7 Å². The van der Waals surface area contributed by atoms with Gasteiger partial charge in [-0.25, -0.2) is 0 Å². The van der Waals surface area contributed by atoms with Crippen LogP contribution in [0.5, 0.6) is 0 Å². The van der Waals surface area contributed by atoms with Crippen LogP contribution in [-0.4, -0.2) is 18.5 Å². The van der Waals surface area contributed by atoms with Gasteiger partial charge < -0.3 is 10.1 Å². The molecule has 1 aliphatic carbocycles. The number of amides is 1. The van der Waals surface area contributed by atoms with Gasteiger partial charge in [-0.1, -0.05) is 60.9 Å². The highest BCUT2D eigenvalue weighted by atomic mass is 16.5. The molecule has 2 aromatic rings. The summed E-state index contributed by atoms with van der Waals surface area (Å²) in [5, 5.41) is 2.82. The van der Waals surface area contributed by atoms with Gasteiger partial charge in [0, 0.05) is 5.69 Å². The molecule has 1 N–H and O–H groups in total. The summed E-state index contributed by atoms with van der Waals surface area (Å²) in [5.74, 6) is -0.608. The van der Waals surface area contributed by atoms with E-state index >= 15 is 0 Å². The number of anilines is 1. The van der Waals surface area contributed by atoms with Crippen LogP contribution in [0.1, 0.15) is 42.4 Å². The minimum absolute atomic E-state index is 0.263. The van der Waals surface area contributed by atoms with Crippen LogP contribution in [0.15, 0.2) is 48.5 Å². The number of carbonyl (C=O) groups is 2. The fraction of sp³-hybridized carbons (Fsp3) is 0.364. The first-order valence-corrected chi connectivity index (χ1v) is 9.11. The summed E-state index contributed by atoms with van der Waals surface area (Å²) in [6.45, 7) is 3.68. The maximum atomic E-state index is 12.8. The number of carbonyl (C=O) groups excluding carboxylic acids is 2. The molecule has 0 radical (unpaired) electrons. The van der Waals surface area contributed by atoms with Crippen molar-refractivity contribution < 1.29 is 14.3 Å². The molecule has 4 nitrogen and oxygen atoms in total. The highest BCUT2D eigenvalue weighted by molar-refractivity contribution is 5.94. The minimum Gasteiger partial charge on any atom is -0.455 e. The van der Waals surface area contributed by atoms with Crippen molar-refractivity contribution in [2.45, 2.75) is 44.9 Å². The summed E-state index contributed by atoms with van der Waals surface area (Å²) in [4.78, 5) is 25.1. The van der Waals surface area contributed by atoms with Gasteiger partial charge in [-0.3, -0.25) is 9.59 Å². The molecule has 1 saturated carbocycles. The molecule has 0 atom stereocenters. The van der Waals surface area contributed by atoms with E-state index in [1.165, 1.54) is 0 Å². The first-order chi connectivity index (χ1) is 12.5. The topological polar surface area (TPSA) is 55.4 Å². The van der Waals surface area contributed by atoms with E-state index in [1.54, 1.807) is 0 Å². The molecule has 0 saturated heterocycles. The standard InChI is InChI=1S/C22H25NO3/c1-16-10-11-19(17(2)14-16)23-20(24)15-26-21(25)22(12-6-7-13-22)18-8-4-3-5-9-18/h3-5,8-11,14H,6-7,12-13,15H2,1-2H3,(H,23,24). The average molecular weight is 351 g/mol. The van der Waals surface area contributed by atoms with Gasteiger partial charge in [-0.05, 0) is 43.9 Å². The molecule has 1 amide bonds. The third kappa shape index (κ3) is 3.79. The highest BCUT2D eigenvalue weighted by Gasteiger charge is 2.44. The number of rotatable bonds is 5. The van der Waals surface area contributed by atoms with Crippen molar-refractivity contribution in [1.82, 2.24) is 0 Å². The second-order valence-electron chi connectivity index (χ2n) is 7.10. The predicted molar refractivity (Wildman–Crippen MR) is 102 cm³/mol. The lowest BCUT2D eigenvalue weighted by atomic mass is 9.79. The molecule has 2 aromatic carbocycles. The highest BCUT2D eigenvalue weighted by Crippen LogP contribution is 2.42. The van der Waals surface area contributed by atoms with Gasteiger partial charge in [0.1, 0.15) is 0 Å². The third-order valence-electron chi connectivity index (χ3n) is 5.16. The zero-order valence-corrected chi connectivity index (χ0v) is 15.4. The Balaban J connectivity index is 1.64.